The molecule has 25 heavy (non-hydrogen) atoms. The molecule has 0 aliphatic carbocycles. The number of nitriles is 1. The van der Waals surface area contributed by atoms with E-state index < -0.39 is 0 Å². The fourth-order valence-corrected chi connectivity index (χ4v) is 2.93. The van der Waals surface area contributed by atoms with Crippen molar-refractivity contribution in [3.05, 3.63) is 56.5 Å². The summed E-state index contributed by atoms with van der Waals surface area (Å²) in [5, 5.41) is 8.82. The van der Waals surface area contributed by atoms with Crippen molar-refractivity contribution >= 4 is 5.82 Å². The maximum atomic E-state index is 11.9. The monoisotopic (exact) mass is 340 g/mol. The zero-order valence-electron chi connectivity index (χ0n) is 14.1. The minimum Gasteiger partial charge on any atom is -0.354 e. The summed E-state index contributed by atoms with van der Waals surface area (Å²) in [6.45, 7) is 6.03. The molecule has 0 radical (unpaired) electrons. The number of piperazine rings is 1. The molecule has 2 aromatic heterocycles. The average molecular weight is 340 g/mol. The molecule has 8 heteroatoms. The highest BCUT2D eigenvalue weighted by Gasteiger charge is 2.18. The molecule has 0 aromatic carbocycles. The zero-order chi connectivity index (χ0) is 17.8. The molecule has 1 aliphatic heterocycles. The number of hydrogen-bond donors (Lipinski definition) is 1. The lowest BCUT2D eigenvalue weighted by molar-refractivity contribution is 0.245. The number of aromatic nitrogens is 3. The summed E-state index contributed by atoms with van der Waals surface area (Å²) in [6.07, 6.45) is 1.58. The molecule has 2 aromatic rings. The van der Waals surface area contributed by atoms with Crippen LogP contribution in [-0.2, 0) is 6.54 Å². The molecule has 0 spiro atoms. The molecule has 0 bridgehead atoms. The Hall–Kier alpha value is -2.92. The molecule has 1 saturated heterocycles. The van der Waals surface area contributed by atoms with Crippen LogP contribution in [0.4, 0.5) is 5.82 Å². The van der Waals surface area contributed by atoms with E-state index in [-0.39, 0.29) is 11.2 Å². The van der Waals surface area contributed by atoms with E-state index >= 15 is 0 Å². The summed E-state index contributed by atoms with van der Waals surface area (Å²) in [5.74, 6) is 0.866. The van der Waals surface area contributed by atoms with Gasteiger partial charge in [0.25, 0.3) is 5.56 Å². The third kappa shape index (κ3) is 3.95. The lowest BCUT2D eigenvalue weighted by Crippen LogP contribution is -2.48. The van der Waals surface area contributed by atoms with Gasteiger partial charge in [0.05, 0.1) is 5.56 Å². The molecular weight excluding hydrogens is 320 g/mol. The highest BCUT2D eigenvalue weighted by atomic mass is 16.2. The van der Waals surface area contributed by atoms with Crippen molar-refractivity contribution in [2.75, 3.05) is 37.6 Å². The van der Waals surface area contributed by atoms with Crippen LogP contribution in [0.25, 0.3) is 0 Å². The highest BCUT2D eigenvalue weighted by molar-refractivity contribution is 5.42. The van der Waals surface area contributed by atoms with Gasteiger partial charge in [-0.2, -0.15) is 5.26 Å². The van der Waals surface area contributed by atoms with E-state index in [1.807, 2.05) is 6.07 Å². The minimum absolute atomic E-state index is 0.262. The maximum Gasteiger partial charge on any atom is 0.328 e. The van der Waals surface area contributed by atoms with Crippen molar-refractivity contribution in [1.29, 1.82) is 5.26 Å². The SMILES string of the molecule is Cc1cc(=O)n(CCN2CCN(c3ccc(C#N)cn3)CC2)c(=O)[nH]1. The van der Waals surface area contributed by atoms with Crippen LogP contribution in [0, 0.1) is 18.3 Å². The summed E-state index contributed by atoms with van der Waals surface area (Å²) in [4.78, 5) is 35.1. The largest absolute Gasteiger partial charge is 0.354 e. The van der Waals surface area contributed by atoms with Crippen LogP contribution in [-0.4, -0.2) is 52.2 Å². The van der Waals surface area contributed by atoms with Gasteiger partial charge in [0.1, 0.15) is 11.9 Å². The number of aryl methyl sites for hydroxylation is 1. The number of anilines is 1. The molecule has 0 unspecified atom stereocenters. The second-order valence-electron chi connectivity index (χ2n) is 6.09. The number of nitrogens with one attached hydrogen (secondary N) is 1. The van der Waals surface area contributed by atoms with E-state index in [0.29, 0.717) is 24.3 Å². The first kappa shape index (κ1) is 16.9. The van der Waals surface area contributed by atoms with E-state index in [4.69, 9.17) is 5.26 Å². The Morgan fingerprint density at radius 2 is 1.96 bits per heavy atom. The Bertz CT molecular complexity index is 854. The summed E-state index contributed by atoms with van der Waals surface area (Å²) >= 11 is 0. The van der Waals surface area contributed by atoms with Crippen LogP contribution in [0.1, 0.15) is 11.3 Å². The lowest BCUT2D eigenvalue weighted by atomic mass is 10.2. The lowest BCUT2D eigenvalue weighted by Gasteiger charge is -2.35. The molecule has 3 heterocycles. The van der Waals surface area contributed by atoms with Gasteiger partial charge in [0.15, 0.2) is 0 Å². The molecular formula is C17H20N6O2. The van der Waals surface area contributed by atoms with Crippen molar-refractivity contribution < 1.29 is 0 Å². The number of nitrogens with zero attached hydrogens (tertiary/aromatic N) is 5. The third-order valence-electron chi connectivity index (χ3n) is 4.37. The molecule has 1 N–H and O–H groups in total. The van der Waals surface area contributed by atoms with Crippen molar-refractivity contribution in [2.45, 2.75) is 13.5 Å². The number of rotatable bonds is 4. The Balaban J connectivity index is 1.55. The second-order valence-corrected chi connectivity index (χ2v) is 6.09. The van der Waals surface area contributed by atoms with Crippen LogP contribution in [0.15, 0.2) is 34.0 Å². The van der Waals surface area contributed by atoms with Gasteiger partial charge < -0.3 is 9.88 Å². The number of pyridine rings is 1. The van der Waals surface area contributed by atoms with E-state index in [1.54, 1.807) is 19.2 Å². The standard InChI is InChI=1S/C17H20N6O2/c1-13-10-16(24)23(17(25)20-13)9-6-21-4-7-22(8-5-21)15-3-2-14(11-18)12-19-15/h2-3,10,12H,4-9H2,1H3,(H,20,25). The van der Waals surface area contributed by atoms with Crippen molar-refractivity contribution in [3.8, 4) is 6.07 Å². The van der Waals surface area contributed by atoms with Gasteiger partial charge in [0, 0.05) is 57.2 Å². The van der Waals surface area contributed by atoms with Crippen LogP contribution >= 0.6 is 0 Å². The van der Waals surface area contributed by atoms with Crippen LogP contribution in [0.3, 0.4) is 0 Å². The molecule has 130 valence electrons. The van der Waals surface area contributed by atoms with E-state index in [2.05, 4.69) is 25.8 Å². The Morgan fingerprint density at radius 3 is 2.56 bits per heavy atom. The smallest absolute Gasteiger partial charge is 0.328 e. The van der Waals surface area contributed by atoms with Crippen LogP contribution in [0.2, 0.25) is 0 Å². The summed E-state index contributed by atoms with van der Waals surface area (Å²) in [6, 6.07) is 7.13. The minimum atomic E-state index is -0.356. The average Bonchev–Trinajstić information content (AvgIpc) is 2.61. The van der Waals surface area contributed by atoms with Gasteiger partial charge >= 0.3 is 5.69 Å². The molecule has 3 rings (SSSR count). The molecule has 0 saturated carbocycles. The van der Waals surface area contributed by atoms with Gasteiger partial charge in [-0.15, -0.1) is 0 Å². The number of hydrogen-bond acceptors (Lipinski definition) is 6. The van der Waals surface area contributed by atoms with Crippen LogP contribution < -0.4 is 16.1 Å². The molecule has 1 fully saturated rings. The molecule has 8 nitrogen and oxygen atoms in total. The highest BCUT2D eigenvalue weighted by Crippen LogP contribution is 2.13. The third-order valence-corrected chi connectivity index (χ3v) is 4.37. The number of H-pyrrole nitrogens is 1. The summed E-state index contributed by atoms with van der Waals surface area (Å²) < 4.78 is 1.24. The van der Waals surface area contributed by atoms with Gasteiger partial charge in [-0.1, -0.05) is 0 Å². The van der Waals surface area contributed by atoms with E-state index in [0.717, 1.165) is 32.0 Å². The predicted molar refractivity (Wildman–Crippen MR) is 93.7 cm³/mol. The first-order chi connectivity index (χ1) is 12.1. The van der Waals surface area contributed by atoms with E-state index in [9.17, 15) is 9.59 Å². The van der Waals surface area contributed by atoms with Gasteiger partial charge in [-0.3, -0.25) is 14.3 Å². The Kier molecular flexibility index (Phi) is 4.95. The second kappa shape index (κ2) is 7.32. The first-order valence-corrected chi connectivity index (χ1v) is 8.21. The first-order valence-electron chi connectivity index (χ1n) is 8.21. The van der Waals surface area contributed by atoms with Crippen molar-refractivity contribution in [1.82, 2.24) is 19.4 Å². The number of aromatic amines is 1. The van der Waals surface area contributed by atoms with Crippen molar-refractivity contribution in [2.24, 2.45) is 0 Å². The van der Waals surface area contributed by atoms with Crippen LogP contribution in [0.5, 0.6) is 0 Å². The molecule has 0 amide bonds. The van der Waals surface area contributed by atoms with E-state index in [1.165, 1.54) is 10.6 Å². The molecule has 0 atom stereocenters. The topological polar surface area (TPSA) is 98.0 Å². The Morgan fingerprint density at radius 1 is 1.20 bits per heavy atom. The normalized spacial score (nSPS) is 15.1. The van der Waals surface area contributed by atoms with Gasteiger partial charge in [-0.05, 0) is 19.1 Å². The van der Waals surface area contributed by atoms with Crippen molar-refractivity contribution in [3.63, 3.8) is 0 Å². The predicted octanol–water partition coefficient (Wildman–Crippen LogP) is -0.0661. The summed E-state index contributed by atoms with van der Waals surface area (Å²) in [5.41, 5.74) is 0.512. The van der Waals surface area contributed by atoms with Gasteiger partial charge in [-0.25, -0.2) is 9.78 Å². The Labute approximate surface area is 145 Å². The maximum absolute atomic E-state index is 11.9. The van der Waals surface area contributed by atoms with Gasteiger partial charge in [0.2, 0.25) is 0 Å². The quantitative estimate of drug-likeness (QED) is 0.837. The molecule has 1 aliphatic rings. The zero-order valence-corrected chi connectivity index (χ0v) is 14.1. The fraction of sp³-hybridized carbons (Fsp3) is 0.412. The summed E-state index contributed by atoms with van der Waals surface area (Å²) in [7, 11) is 0. The fourth-order valence-electron chi connectivity index (χ4n) is 2.93.